The van der Waals surface area contributed by atoms with Crippen molar-refractivity contribution in [1.29, 1.82) is 0 Å². The molecule has 0 aliphatic rings. The Bertz CT molecular complexity index is 340. The predicted octanol–water partition coefficient (Wildman–Crippen LogP) is 1.05. The Morgan fingerprint density at radius 2 is 2.31 bits per heavy atom. The molecule has 0 saturated carbocycles. The van der Waals surface area contributed by atoms with Crippen LogP contribution in [0.4, 0.5) is 4.79 Å². The smallest absolute Gasteiger partial charge is 0.421 e. The van der Waals surface area contributed by atoms with Gasteiger partial charge in [-0.1, -0.05) is 30.3 Å². The molecule has 0 heterocycles. The van der Waals surface area contributed by atoms with Crippen molar-refractivity contribution in [1.82, 2.24) is 10.9 Å². The number of rotatable bonds is 3. The normalized spacial score (nSPS) is 13.7. The summed E-state index contributed by atoms with van der Waals surface area (Å²) in [6.45, 7) is -2.33. The first-order valence-corrected chi connectivity index (χ1v) is 3.71. The molecule has 4 heteroatoms. The second kappa shape index (κ2) is 5.16. The molecule has 0 aromatic heterocycles. The number of hydrogen-bond acceptors (Lipinski definition) is 3. The lowest BCUT2D eigenvalue weighted by atomic mass is 10.2. The molecule has 0 saturated heterocycles. The molecule has 13 heavy (non-hydrogen) atoms. The average molecular weight is 183 g/mol. The summed E-state index contributed by atoms with van der Waals surface area (Å²) in [5.74, 6) is 0. The maximum absolute atomic E-state index is 11.0. The molecule has 0 aliphatic carbocycles. The van der Waals surface area contributed by atoms with Gasteiger partial charge >= 0.3 is 6.09 Å². The van der Waals surface area contributed by atoms with Crippen LogP contribution >= 0.6 is 0 Å². The topological polar surface area (TPSA) is 50.4 Å². The molecule has 4 nitrogen and oxygen atoms in total. The van der Waals surface area contributed by atoms with Gasteiger partial charge < -0.3 is 4.74 Å². The molecule has 0 fully saturated rings. The van der Waals surface area contributed by atoms with Gasteiger partial charge in [0.05, 0.1) is 0 Å². The van der Waals surface area contributed by atoms with Crippen molar-refractivity contribution in [2.24, 2.45) is 0 Å². The lowest BCUT2D eigenvalue weighted by Gasteiger charge is -2.04. The molecule has 1 rings (SSSR count). The molecular weight excluding hydrogens is 168 g/mol. The number of carbonyl (C=O) groups is 1. The summed E-state index contributed by atoms with van der Waals surface area (Å²) < 4.78 is 25.1. The number of amides is 1. The molecule has 2 N–H and O–H groups in total. The van der Waals surface area contributed by atoms with Crippen molar-refractivity contribution < 1.29 is 13.6 Å². The SMILES string of the molecule is [2H]C([2H])([2H])NNC(=O)OCc1ccccc1. The second-order valence-electron chi connectivity index (χ2n) is 2.31. The van der Waals surface area contributed by atoms with E-state index in [0.29, 0.717) is 0 Å². The van der Waals surface area contributed by atoms with Crippen molar-refractivity contribution >= 4 is 6.09 Å². The highest BCUT2D eigenvalue weighted by molar-refractivity contribution is 5.66. The van der Waals surface area contributed by atoms with Gasteiger partial charge in [-0.15, -0.1) is 0 Å². The van der Waals surface area contributed by atoms with Crippen LogP contribution in [0, 0.1) is 0 Å². The van der Waals surface area contributed by atoms with Gasteiger partial charge in [0.25, 0.3) is 0 Å². The molecule has 1 amide bonds. The number of nitrogens with one attached hydrogen (secondary N) is 2. The van der Waals surface area contributed by atoms with Crippen molar-refractivity contribution in [3.8, 4) is 0 Å². The fourth-order valence-corrected chi connectivity index (χ4v) is 0.810. The van der Waals surface area contributed by atoms with Crippen LogP contribution in [0.1, 0.15) is 9.68 Å². The zero-order valence-corrected chi connectivity index (χ0v) is 6.91. The summed E-state index contributed by atoms with van der Waals surface area (Å²) in [6.07, 6.45) is -0.833. The molecule has 0 spiro atoms. The van der Waals surface area contributed by atoms with Crippen molar-refractivity contribution in [3.05, 3.63) is 35.9 Å². The summed E-state index contributed by atoms with van der Waals surface area (Å²) in [4.78, 5) is 11.0. The monoisotopic (exact) mass is 183 g/mol. The van der Waals surface area contributed by atoms with Crippen LogP contribution in [-0.4, -0.2) is 13.1 Å². The molecule has 0 radical (unpaired) electrons. The minimum absolute atomic E-state index is 0.0926. The van der Waals surface area contributed by atoms with Crippen LogP contribution in [0.2, 0.25) is 0 Å². The van der Waals surface area contributed by atoms with E-state index in [1.54, 1.807) is 12.1 Å². The Morgan fingerprint density at radius 1 is 1.54 bits per heavy atom. The van der Waals surface area contributed by atoms with E-state index in [9.17, 15) is 4.79 Å². The van der Waals surface area contributed by atoms with Gasteiger partial charge in [0.1, 0.15) is 6.61 Å². The van der Waals surface area contributed by atoms with E-state index in [0.717, 1.165) is 5.56 Å². The molecule has 0 bridgehead atoms. The summed E-state index contributed by atoms with van der Waals surface area (Å²) in [5.41, 5.74) is 4.58. The lowest BCUT2D eigenvalue weighted by Crippen LogP contribution is -2.34. The summed E-state index contributed by atoms with van der Waals surface area (Å²) in [7, 11) is 0. The predicted molar refractivity (Wildman–Crippen MR) is 48.8 cm³/mol. The van der Waals surface area contributed by atoms with Crippen LogP contribution in [0.5, 0.6) is 0 Å². The maximum atomic E-state index is 11.0. The van der Waals surface area contributed by atoms with Gasteiger partial charge in [0.15, 0.2) is 0 Å². The zero-order valence-electron chi connectivity index (χ0n) is 9.91. The van der Waals surface area contributed by atoms with E-state index in [2.05, 4.69) is 0 Å². The molecule has 1 aromatic rings. The third-order valence-corrected chi connectivity index (χ3v) is 1.38. The van der Waals surface area contributed by atoms with Crippen molar-refractivity contribution in [3.63, 3.8) is 0 Å². The first kappa shape index (κ1) is 5.99. The molecule has 0 aliphatic heterocycles. The summed E-state index contributed by atoms with van der Waals surface area (Å²) in [6, 6.07) is 9.07. The minimum atomic E-state index is -2.42. The largest absolute Gasteiger partial charge is 0.444 e. The van der Waals surface area contributed by atoms with E-state index in [1.807, 2.05) is 29.1 Å². The molecule has 0 atom stereocenters. The third kappa shape index (κ3) is 3.57. The Kier molecular flexibility index (Phi) is 2.38. The van der Waals surface area contributed by atoms with E-state index in [-0.39, 0.29) is 6.61 Å². The van der Waals surface area contributed by atoms with Crippen LogP contribution < -0.4 is 10.9 Å². The number of benzene rings is 1. The van der Waals surface area contributed by atoms with Crippen molar-refractivity contribution in [2.75, 3.05) is 6.98 Å². The fraction of sp³-hybridized carbons (Fsp3) is 0.222. The van der Waals surface area contributed by atoms with Crippen LogP contribution in [0.15, 0.2) is 30.3 Å². The van der Waals surface area contributed by atoms with Crippen LogP contribution in [-0.2, 0) is 11.3 Å². The Labute approximate surface area is 81.1 Å². The first-order chi connectivity index (χ1) is 7.47. The quantitative estimate of drug-likeness (QED) is 0.688. The van der Waals surface area contributed by atoms with E-state index < -0.39 is 13.1 Å². The second-order valence-corrected chi connectivity index (χ2v) is 2.31. The fourth-order valence-electron chi connectivity index (χ4n) is 0.810. The molecule has 0 unspecified atom stereocenters. The number of carbonyl (C=O) groups excluding carboxylic acids is 1. The summed E-state index contributed by atoms with van der Waals surface area (Å²) in [5, 5.41) is 0. The molecular formula is C9H12N2O2. The standard InChI is InChI=1S/C9H12N2O2/c1-10-11-9(12)13-7-8-5-3-2-4-6-8/h2-6,10H,7H2,1H3,(H,11,12)/i1D3. The Morgan fingerprint density at radius 3 is 3.00 bits per heavy atom. The first-order valence-electron chi connectivity index (χ1n) is 5.21. The van der Waals surface area contributed by atoms with Gasteiger partial charge in [-0.05, 0) is 5.56 Å². The Hall–Kier alpha value is -1.55. The molecule has 1 aromatic carbocycles. The van der Waals surface area contributed by atoms with Gasteiger partial charge in [-0.2, -0.15) is 0 Å². The van der Waals surface area contributed by atoms with Gasteiger partial charge in [0.2, 0.25) is 0 Å². The van der Waals surface area contributed by atoms with Gasteiger partial charge in [0, 0.05) is 11.1 Å². The van der Waals surface area contributed by atoms with E-state index in [1.165, 1.54) is 0 Å². The van der Waals surface area contributed by atoms with Crippen molar-refractivity contribution in [2.45, 2.75) is 6.61 Å². The van der Waals surface area contributed by atoms with E-state index in [4.69, 9.17) is 8.85 Å². The zero-order chi connectivity index (χ0) is 12.0. The minimum Gasteiger partial charge on any atom is -0.444 e. The van der Waals surface area contributed by atoms with E-state index >= 15 is 0 Å². The highest BCUT2D eigenvalue weighted by Crippen LogP contribution is 1.99. The molecule has 70 valence electrons. The highest BCUT2D eigenvalue weighted by atomic mass is 16.6. The average Bonchev–Trinajstić information content (AvgIpc) is 2.24. The Balaban J connectivity index is 2.26. The third-order valence-electron chi connectivity index (χ3n) is 1.38. The van der Waals surface area contributed by atoms with Gasteiger partial charge in [-0.25, -0.2) is 10.2 Å². The number of hydrazine groups is 1. The lowest BCUT2D eigenvalue weighted by molar-refractivity contribution is 0.136. The maximum Gasteiger partial charge on any atom is 0.421 e. The van der Waals surface area contributed by atoms with Crippen LogP contribution in [0.25, 0.3) is 0 Å². The van der Waals surface area contributed by atoms with Gasteiger partial charge in [-0.3, -0.25) is 5.43 Å². The van der Waals surface area contributed by atoms with Crippen LogP contribution in [0.3, 0.4) is 0 Å². The number of ether oxygens (including phenoxy) is 1. The number of hydrogen-bond donors (Lipinski definition) is 2. The summed E-state index contributed by atoms with van der Waals surface area (Å²) >= 11 is 0. The highest BCUT2D eigenvalue weighted by Gasteiger charge is 1.98.